The van der Waals surface area contributed by atoms with Crippen LogP contribution in [0.2, 0.25) is 0 Å². The number of aromatic nitrogens is 2. The van der Waals surface area contributed by atoms with Gasteiger partial charge in [-0.25, -0.2) is 9.37 Å². The van der Waals surface area contributed by atoms with Gasteiger partial charge in [0.25, 0.3) is 5.91 Å². The Morgan fingerprint density at radius 3 is 2.65 bits per heavy atom. The Labute approximate surface area is 182 Å². The van der Waals surface area contributed by atoms with Crippen molar-refractivity contribution in [1.82, 2.24) is 15.3 Å². The maximum absolute atomic E-state index is 14.9. The first-order valence-corrected chi connectivity index (χ1v) is 11.0. The van der Waals surface area contributed by atoms with E-state index >= 15 is 0 Å². The van der Waals surface area contributed by atoms with Gasteiger partial charge in [0.05, 0.1) is 17.7 Å². The van der Waals surface area contributed by atoms with E-state index in [0.29, 0.717) is 28.8 Å². The summed E-state index contributed by atoms with van der Waals surface area (Å²) in [6, 6.07) is 4.84. The molecule has 0 spiro atoms. The normalized spacial score (nSPS) is 21.6. The minimum Gasteiger partial charge on any atom is -0.391 e. The molecular weight excluding hydrogens is 395 g/mol. The maximum atomic E-state index is 14.9. The number of halogens is 1. The highest BCUT2D eigenvalue weighted by Crippen LogP contribution is 2.29. The van der Waals surface area contributed by atoms with Gasteiger partial charge in [0.15, 0.2) is 0 Å². The molecule has 6 nitrogen and oxygen atoms in total. The van der Waals surface area contributed by atoms with Gasteiger partial charge in [0.2, 0.25) is 0 Å². The second-order valence-corrected chi connectivity index (χ2v) is 8.58. The standard InChI is InChI=1S/C24H29FN4O2/c1-15-18(10-19(14-26-15)24(31)29-21-4-2-3-5-22(21)30)11-20(25)17-8-9-23(28-13-17)27-12-16-6-7-16/h8-11,13-14,16,21-22,30H,2-7,12H2,1H3,(H,27,28)(H,29,31)/b20-11-/t21-,22-/m0/s1. The first kappa shape index (κ1) is 21.4. The molecule has 0 bridgehead atoms. The van der Waals surface area contributed by atoms with Crippen LogP contribution < -0.4 is 10.6 Å². The Morgan fingerprint density at radius 1 is 1.16 bits per heavy atom. The summed E-state index contributed by atoms with van der Waals surface area (Å²) in [5, 5.41) is 16.2. The summed E-state index contributed by atoms with van der Waals surface area (Å²) >= 11 is 0. The van der Waals surface area contributed by atoms with Gasteiger partial charge in [-0.2, -0.15) is 0 Å². The molecule has 2 aromatic heterocycles. The third kappa shape index (κ3) is 5.67. The fourth-order valence-electron chi connectivity index (χ4n) is 3.78. The third-order valence-electron chi connectivity index (χ3n) is 6.02. The summed E-state index contributed by atoms with van der Waals surface area (Å²) in [7, 11) is 0. The Kier molecular flexibility index (Phi) is 6.61. The number of nitrogens with one attached hydrogen (secondary N) is 2. The number of anilines is 1. The molecule has 2 atom stereocenters. The molecule has 7 heteroatoms. The summed E-state index contributed by atoms with van der Waals surface area (Å²) in [6.45, 7) is 2.68. The van der Waals surface area contributed by atoms with Crippen molar-refractivity contribution < 1.29 is 14.3 Å². The average Bonchev–Trinajstić information content (AvgIpc) is 3.60. The van der Waals surface area contributed by atoms with Gasteiger partial charge in [-0.05, 0) is 68.4 Å². The Morgan fingerprint density at radius 2 is 1.94 bits per heavy atom. The molecule has 2 heterocycles. The summed E-state index contributed by atoms with van der Waals surface area (Å²) in [5.41, 5.74) is 1.88. The monoisotopic (exact) mass is 424 g/mol. The third-order valence-corrected chi connectivity index (χ3v) is 6.02. The predicted molar refractivity (Wildman–Crippen MR) is 119 cm³/mol. The fraction of sp³-hybridized carbons (Fsp3) is 0.458. The molecule has 1 amide bonds. The highest BCUT2D eigenvalue weighted by atomic mass is 19.1. The number of aliphatic hydroxyl groups is 1. The molecule has 2 fully saturated rings. The second kappa shape index (κ2) is 9.56. The molecule has 31 heavy (non-hydrogen) atoms. The van der Waals surface area contributed by atoms with Crippen molar-refractivity contribution >= 4 is 23.6 Å². The molecule has 4 rings (SSSR count). The molecule has 0 aliphatic heterocycles. The van der Waals surface area contributed by atoms with Crippen molar-refractivity contribution in [3.8, 4) is 0 Å². The number of aryl methyl sites for hydroxylation is 1. The number of hydrogen-bond acceptors (Lipinski definition) is 5. The molecule has 2 aliphatic rings. The van der Waals surface area contributed by atoms with E-state index in [2.05, 4.69) is 20.6 Å². The molecule has 0 saturated heterocycles. The Hall–Kier alpha value is -2.80. The van der Waals surface area contributed by atoms with Gasteiger partial charge < -0.3 is 15.7 Å². The van der Waals surface area contributed by atoms with Crippen LogP contribution in [0.1, 0.15) is 65.7 Å². The SMILES string of the molecule is Cc1ncc(C(=O)N[C@H]2CCCC[C@@H]2O)cc1/C=C(\F)c1ccc(NCC2CC2)nc1. The van der Waals surface area contributed by atoms with Crippen molar-refractivity contribution in [3.63, 3.8) is 0 Å². The number of amides is 1. The number of rotatable bonds is 7. The van der Waals surface area contributed by atoms with E-state index < -0.39 is 11.9 Å². The lowest BCUT2D eigenvalue weighted by Gasteiger charge is -2.28. The Bertz CT molecular complexity index is 957. The van der Waals surface area contributed by atoms with Crippen LogP contribution in [0.15, 0.2) is 30.6 Å². The maximum Gasteiger partial charge on any atom is 0.253 e. The molecule has 0 radical (unpaired) electrons. The van der Waals surface area contributed by atoms with E-state index in [9.17, 15) is 14.3 Å². The lowest BCUT2D eigenvalue weighted by molar-refractivity contribution is 0.0717. The van der Waals surface area contributed by atoms with Gasteiger partial charge in [-0.3, -0.25) is 9.78 Å². The van der Waals surface area contributed by atoms with E-state index in [4.69, 9.17) is 0 Å². The quantitative estimate of drug-likeness (QED) is 0.623. The molecule has 2 aromatic rings. The van der Waals surface area contributed by atoms with Crippen molar-refractivity contribution in [1.29, 1.82) is 0 Å². The minimum atomic E-state index is -0.526. The zero-order valence-corrected chi connectivity index (χ0v) is 17.8. The highest BCUT2D eigenvalue weighted by Gasteiger charge is 2.25. The molecule has 2 saturated carbocycles. The van der Waals surface area contributed by atoms with E-state index in [1.807, 2.05) is 0 Å². The van der Waals surface area contributed by atoms with Crippen molar-refractivity contribution in [2.45, 2.75) is 57.6 Å². The van der Waals surface area contributed by atoms with Gasteiger partial charge >= 0.3 is 0 Å². The zero-order valence-electron chi connectivity index (χ0n) is 17.8. The molecule has 3 N–H and O–H groups in total. The summed E-state index contributed by atoms with van der Waals surface area (Å²) in [5.74, 6) is 0.733. The highest BCUT2D eigenvalue weighted by molar-refractivity contribution is 5.95. The minimum absolute atomic E-state index is 0.253. The van der Waals surface area contributed by atoms with Crippen molar-refractivity contribution in [2.75, 3.05) is 11.9 Å². The number of nitrogens with zero attached hydrogens (tertiary/aromatic N) is 2. The Balaban J connectivity index is 1.45. The molecule has 164 valence electrons. The lowest BCUT2D eigenvalue weighted by atomic mass is 9.92. The van der Waals surface area contributed by atoms with Crippen molar-refractivity contribution in [3.05, 3.63) is 53.0 Å². The fourth-order valence-corrected chi connectivity index (χ4v) is 3.78. The van der Waals surface area contributed by atoms with Crippen LogP contribution in [0, 0.1) is 12.8 Å². The van der Waals surface area contributed by atoms with Crippen LogP contribution in [0.3, 0.4) is 0 Å². The van der Waals surface area contributed by atoms with E-state index in [-0.39, 0.29) is 11.9 Å². The van der Waals surface area contributed by atoms with Gasteiger partial charge in [0.1, 0.15) is 11.6 Å². The second-order valence-electron chi connectivity index (χ2n) is 8.58. The topological polar surface area (TPSA) is 87.1 Å². The molecule has 2 aliphatic carbocycles. The molecular formula is C24H29FN4O2. The van der Waals surface area contributed by atoms with Crippen LogP contribution in [-0.2, 0) is 0 Å². The number of carbonyl (C=O) groups excluding carboxylic acids is 1. The molecule has 0 unspecified atom stereocenters. The summed E-state index contributed by atoms with van der Waals surface area (Å²) < 4.78 is 14.9. The number of pyridine rings is 2. The van der Waals surface area contributed by atoms with Crippen LogP contribution in [0.5, 0.6) is 0 Å². The van der Waals surface area contributed by atoms with Crippen LogP contribution >= 0.6 is 0 Å². The van der Waals surface area contributed by atoms with Gasteiger partial charge in [-0.1, -0.05) is 12.8 Å². The number of carbonyl (C=O) groups is 1. The van der Waals surface area contributed by atoms with Gasteiger partial charge in [-0.15, -0.1) is 0 Å². The first-order valence-electron chi connectivity index (χ1n) is 11.0. The van der Waals surface area contributed by atoms with E-state index in [1.165, 1.54) is 31.3 Å². The van der Waals surface area contributed by atoms with Gasteiger partial charge in [0, 0.05) is 30.2 Å². The number of aliphatic hydroxyl groups excluding tert-OH is 1. The average molecular weight is 425 g/mol. The predicted octanol–water partition coefficient (Wildman–Crippen LogP) is 4.11. The van der Waals surface area contributed by atoms with Crippen molar-refractivity contribution in [2.24, 2.45) is 5.92 Å². The summed E-state index contributed by atoms with van der Waals surface area (Å²) in [6.07, 6.45) is 9.76. The van der Waals surface area contributed by atoms with Crippen LogP contribution in [0.25, 0.3) is 11.9 Å². The lowest BCUT2D eigenvalue weighted by Crippen LogP contribution is -2.45. The van der Waals surface area contributed by atoms with E-state index in [0.717, 1.165) is 37.5 Å². The zero-order chi connectivity index (χ0) is 21.8. The van der Waals surface area contributed by atoms with Crippen LogP contribution in [0.4, 0.5) is 10.2 Å². The first-order chi connectivity index (χ1) is 15.0. The van der Waals surface area contributed by atoms with E-state index in [1.54, 1.807) is 25.1 Å². The number of hydrogen-bond donors (Lipinski definition) is 3. The largest absolute Gasteiger partial charge is 0.391 e. The summed E-state index contributed by atoms with van der Waals surface area (Å²) in [4.78, 5) is 21.2. The smallest absolute Gasteiger partial charge is 0.253 e. The van der Waals surface area contributed by atoms with Crippen LogP contribution in [-0.4, -0.2) is 39.7 Å². The molecule has 0 aromatic carbocycles.